The maximum absolute atomic E-state index is 12.3. The average molecular weight is 295 g/mol. The highest BCUT2D eigenvalue weighted by molar-refractivity contribution is 7.99. The zero-order valence-electron chi connectivity index (χ0n) is 12.3. The lowest BCUT2D eigenvalue weighted by Crippen LogP contribution is -2.52. The lowest BCUT2D eigenvalue weighted by molar-refractivity contribution is -0.155. The van der Waals surface area contributed by atoms with Gasteiger partial charge in [-0.1, -0.05) is 30.3 Å². The van der Waals surface area contributed by atoms with E-state index in [1.54, 1.807) is 0 Å². The van der Waals surface area contributed by atoms with Gasteiger partial charge < -0.3 is 10.0 Å². The maximum atomic E-state index is 12.3. The summed E-state index contributed by atoms with van der Waals surface area (Å²) < 4.78 is 0. The normalized spacial score (nSPS) is 12.8. The Kier molecular flexibility index (Phi) is 5.62. The maximum Gasteiger partial charge on any atom is 0.329 e. The van der Waals surface area contributed by atoms with Gasteiger partial charge in [0.1, 0.15) is 5.54 Å². The van der Waals surface area contributed by atoms with E-state index in [1.807, 2.05) is 37.3 Å². The molecule has 1 amide bonds. The Bertz CT molecular complexity index is 473. The van der Waals surface area contributed by atoms with Crippen LogP contribution in [-0.4, -0.2) is 39.7 Å². The molecule has 0 spiro atoms. The molecule has 1 N–H and O–H groups in total. The van der Waals surface area contributed by atoms with Crippen molar-refractivity contribution >= 4 is 23.6 Å². The van der Waals surface area contributed by atoms with Gasteiger partial charge in [-0.15, -0.1) is 11.8 Å². The van der Waals surface area contributed by atoms with Crippen molar-refractivity contribution in [3.05, 3.63) is 35.9 Å². The molecule has 1 aromatic rings. The first-order chi connectivity index (χ1) is 9.26. The van der Waals surface area contributed by atoms with Crippen molar-refractivity contribution in [1.82, 2.24) is 4.90 Å². The second-order valence-electron chi connectivity index (χ2n) is 5.20. The number of carboxylic acids is 1. The fraction of sp³-hybridized carbons (Fsp3) is 0.467. The minimum absolute atomic E-state index is 0.168. The zero-order chi connectivity index (χ0) is 15.3. The molecule has 1 aromatic carbocycles. The van der Waals surface area contributed by atoms with E-state index < -0.39 is 11.5 Å². The molecule has 0 aliphatic heterocycles. The second-order valence-corrected chi connectivity index (χ2v) is 6.53. The lowest BCUT2D eigenvalue weighted by atomic mass is 10.0. The summed E-state index contributed by atoms with van der Waals surface area (Å²) in [6.45, 7) is 4.87. The van der Waals surface area contributed by atoms with Gasteiger partial charge in [-0.25, -0.2) is 4.79 Å². The first-order valence-corrected chi connectivity index (χ1v) is 7.48. The highest BCUT2D eigenvalue weighted by Gasteiger charge is 2.36. The van der Waals surface area contributed by atoms with Crippen LogP contribution in [0.4, 0.5) is 0 Å². The van der Waals surface area contributed by atoms with Crippen LogP contribution < -0.4 is 0 Å². The molecule has 0 aliphatic carbocycles. The SMILES string of the molecule is CC(SCc1ccccc1)C(=O)N(C)C(C)(C)C(=O)O. The van der Waals surface area contributed by atoms with Crippen LogP contribution in [0.2, 0.25) is 0 Å². The molecular weight excluding hydrogens is 274 g/mol. The first-order valence-electron chi connectivity index (χ1n) is 6.43. The molecule has 1 unspecified atom stereocenters. The van der Waals surface area contributed by atoms with Gasteiger partial charge in [-0.2, -0.15) is 0 Å². The minimum Gasteiger partial charge on any atom is -0.480 e. The van der Waals surface area contributed by atoms with Gasteiger partial charge in [0.05, 0.1) is 5.25 Å². The molecule has 20 heavy (non-hydrogen) atoms. The summed E-state index contributed by atoms with van der Waals surface area (Å²) in [6, 6.07) is 9.89. The summed E-state index contributed by atoms with van der Waals surface area (Å²) in [5, 5.41) is 8.87. The Morgan fingerprint density at radius 1 is 1.30 bits per heavy atom. The number of carbonyl (C=O) groups excluding carboxylic acids is 1. The monoisotopic (exact) mass is 295 g/mol. The van der Waals surface area contributed by atoms with Gasteiger partial charge in [0, 0.05) is 12.8 Å². The molecule has 0 aliphatic rings. The molecular formula is C15H21NO3S. The van der Waals surface area contributed by atoms with E-state index in [-0.39, 0.29) is 11.2 Å². The van der Waals surface area contributed by atoms with Crippen molar-refractivity contribution in [2.45, 2.75) is 37.3 Å². The number of carboxylic acid groups (broad SMARTS) is 1. The van der Waals surface area contributed by atoms with Crippen molar-refractivity contribution in [2.75, 3.05) is 7.05 Å². The Morgan fingerprint density at radius 2 is 1.85 bits per heavy atom. The summed E-state index contributed by atoms with van der Waals surface area (Å²) >= 11 is 1.51. The molecule has 4 nitrogen and oxygen atoms in total. The highest BCUT2D eigenvalue weighted by Crippen LogP contribution is 2.22. The number of rotatable bonds is 6. The standard InChI is InChI=1S/C15H21NO3S/c1-11(20-10-12-8-6-5-7-9-12)13(17)16(4)15(2,3)14(18)19/h5-9,11H,10H2,1-4H3,(H,18,19). The third kappa shape index (κ3) is 4.00. The van der Waals surface area contributed by atoms with Crippen LogP contribution in [-0.2, 0) is 15.3 Å². The second kappa shape index (κ2) is 6.79. The molecule has 0 saturated carbocycles. The number of nitrogens with zero attached hydrogens (tertiary/aromatic N) is 1. The van der Waals surface area contributed by atoms with Crippen molar-refractivity contribution < 1.29 is 14.7 Å². The zero-order valence-corrected chi connectivity index (χ0v) is 13.1. The fourth-order valence-corrected chi connectivity index (χ4v) is 2.49. The van der Waals surface area contributed by atoms with Gasteiger partial charge in [-0.3, -0.25) is 4.79 Å². The van der Waals surface area contributed by atoms with Crippen LogP contribution >= 0.6 is 11.8 Å². The van der Waals surface area contributed by atoms with Crippen LogP contribution in [0.15, 0.2) is 30.3 Å². The number of benzene rings is 1. The predicted octanol–water partition coefficient (Wildman–Crippen LogP) is 2.63. The highest BCUT2D eigenvalue weighted by atomic mass is 32.2. The largest absolute Gasteiger partial charge is 0.480 e. The molecule has 0 fully saturated rings. The molecule has 0 saturated heterocycles. The van der Waals surface area contributed by atoms with Crippen LogP contribution in [0.1, 0.15) is 26.3 Å². The number of aliphatic carboxylic acids is 1. The Balaban J connectivity index is 2.61. The molecule has 1 atom stereocenters. The molecule has 1 rings (SSSR count). The first kappa shape index (κ1) is 16.6. The summed E-state index contributed by atoms with van der Waals surface area (Å²) in [5.41, 5.74) is -0.0455. The minimum atomic E-state index is -1.20. The van der Waals surface area contributed by atoms with Crippen LogP contribution in [0.5, 0.6) is 0 Å². The van der Waals surface area contributed by atoms with Crippen molar-refractivity contribution in [3.8, 4) is 0 Å². The van der Waals surface area contributed by atoms with Crippen molar-refractivity contribution in [3.63, 3.8) is 0 Å². The number of hydrogen-bond acceptors (Lipinski definition) is 3. The number of amides is 1. The van der Waals surface area contributed by atoms with E-state index in [1.165, 1.54) is 37.6 Å². The Hall–Kier alpha value is -1.49. The van der Waals surface area contributed by atoms with E-state index in [2.05, 4.69) is 0 Å². The van der Waals surface area contributed by atoms with Crippen LogP contribution in [0.25, 0.3) is 0 Å². The Morgan fingerprint density at radius 3 is 2.35 bits per heavy atom. The number of likely N-dealkylation sites (N-methyl/N-ethyl adjacent to an activating group) is 1. The summed E-state index contributed by atoms with van der Waals surface area (Å²) in [7, 11) is 1.54. The summed E-state index contributed by atoms with van der Waals surface area (Å²) in [6.07, 6.45) is 0. The molecule has 0 bridgehead atoms. The number of thioether (sulfide) groups is 1. The molecule has 0 aromatic heterocycles. The van der Waals surface area contributed by atoms with Gasteiger partial charge in [0.2, 0.25) is 5.91 Å². The number of carbonyl (C=O) groups is 2. The van der Waals surface area contributed by atoms with Gasteiger partial charge in [-0.05, 0) is 26.3 Å². The number of hydrogen-bond donors (Lipinski definition) is 1. The van der Waals surface area contributed by atoms with E-state index >= 15 is 0 Å². The summed E-state index contributed by atoms with van der Waals surface area (Å²) in [5.74, 6) is -0.443. The quantitative estimate of drug-likeness (QED) is 0.876. The fourth-order valence-electron chi connectivity index (χ4n) is 1.56. The topological polar surface area (TPSA) is 57.6 Å². The van der Waals surface area contributed by atoms with Crippen LogP contribution in [0, 0.1) is 0 Å². The lowest BCUT2D eigenvalue weighted by Gasteiger charge is -2.33. The average Bonchev–Trinajstić information content (AvgIpc) is 2.43. The predicted molar refractivity (Wildman–Crippen MR) is 81.7 cm³/mol. The van der Waals surface area contributed by atoms with Gasteiger partial charge >= 0.3 is 5.97 Å². The van der Waals surface area contributed by atoms with Gasteiger partial charge in [0.15, 0.2) is 0 Å². The molecule has 110 valence electrons. The van der Waals surface area contributed by atoms with Crippen molar-refractivity contribution in [1.29, 1.82) is 0 Å². The van der Waals surface area contributed by atoms with Crippen molar-refractivity contribution in [2.24, 2.45) is 0 Å². The third-order valence-electron chi connectivity index (χ3n) is 3.38. The smallest absolute Gasteiger partial charge is 0.329 e. The molecule has 0 heterocycles. The van der Waals surface area contributed by atoms with E-state index in [0.29, 0.717) is 0 Å². The van der Waals surface area contributed by atoms with E-state index in [4.69, 9.17) is 5.11 Å². The summed E-state index contributed by atoms with van der Waals surface area (Å²) in [4.78, 5) is 24.7. The molecule has 5 heteroatoms. The van der Waals surface area contributed by atoms with Gasteiger partial charge in [0.25, 0.3) is 0 Å². The Labute approximate surface area is 124 Å². The van der Waals surface area contributed by atoms with E-state index in [0.717, 1.165) is 11.3 Å². The van der Waals surface area contributed by atoms with E-state index in [9.17, 15) is 9.59 Å². The van der Waals surface area contributed by atoms with Crippen LogP contribution in [0.3, 0.4) is 0 Å². The third-order valence-corrected chi connectivity index (χ3v) is 4.58. The molecule has 0 radical (unpaired) electrons.